The highest BCUT2D eigenvalue weighted by atomic mass is 16.5. The van der Waals surface area contributed by atoms with Gasteiger partial charge in [-0.2, -0.15) is 0 Å². The van der Waals surface area contributed by atoms with Gasteiger partial charge in [0.05, 0.1) is 12.4 Å². The third kappa shape index (κ3) is 3.01. The lowest BCUT2D eigenvalue weighted by atomic mass is 10.2. The van der Waals surface area contributed by atoms with Gasteiger partial charge in [0.25, 0.3) is 0 Å². The van der Waals surface area contributed by atoms with Crippen molar-refractivity contribution in [2.24, 2.45) is 0 Å². The van der Waals surface area contributed by atoms with Crippen molar-refractivity contribution in [3.63, 3.8) is 0 Å². The smallest absolute Gasteiger partial charge is 0.159 e. The van der Waals surface area contributed by atoms with Crippen LogP contribution in [-0.2, 0) is 0 Å². The fourth-order valence-electron chi connectivity index (χ4n) is 1.38. The average molecular weight is 229 g/mol. The fraction of sp³-hybridized carbons (Fsp3) is 0.231. The Morgan fingerprint density at radius 3 is 2.35 bits per heavy atom. The van der Waals surface area contributed by atoms with Gasteiger partial charge < -0.3 is 4.74 Å². The van der Waals surface area contributed by atoms with E-state index >= 15 is 0 Å². The van der Waals surface area contributed by atoms with E-state index in [1.165, 1.54) is 0 Å². The molecule has 1 heterocycles. The van der Waals surface area contributed by atoms with E-state index in [-0.39, 0.29) is 6.23 Å². The number of rotatable bonds is 4. The van der Waals surface area contributed by atoms with Crippen LogP contribution in [0.5, 0.6) is 5.75 Å². The standard InChI is InChI=1S/C13H15N3O/c1-10(14-2)17-12-8-15-13(16-9-12)11-6-4-3-5-7-11/h3-10,14H,1-2H3. The van der Waals surface area contributed by atoms with Gasteiger partial charge in [-0.15, -0.1) is 0 Å². The van der Waals surface area contributed by atoms with Gasteiger partial charge in [-0.25, -0.2) is 9.97 Å². The summed E-state index contributed by atoms with van der Waals surface area (Å²) >= 11 is 0. The van der Waals surface area contributed by atoms with Crippen molar-refractivity contribution in [1.29, 1.82) is 0 Å². The number of hydrogen-bond donors (Lipinski definition) is 1. The summed E-state index contributed by atoms with van der Waals surface area (Å²) in [5, 5.41) is 2.98. The number of benzene rings is 1. The predicted molar refractivity (Wildman–Crippen MR) is 66.6 cm³/mol. The Hall–Kier alpha value is -1.94. The first kappa shape index (κ1) is 11.5. The molecule has 4 nitrogen and oxygen atoms in total. The summed E-state index contributed by atoms with van der Waals surface area (Å²) in [6, 6.07) is 9.85. The Morgan fingerprint density at radius 2 is 1.76 bits per heavy atom. The van der Waals surface area contributed by atoms with Crippen LogP contribution in [0.4, 0.5) is 0 Å². The van der Waals surface area contributed by atoms with Crippen LogP contribution in [-0.4, -0.2) is 23.2 Å². The van der Waals surface area contributed by atoms with Gasteiger partial charge in [0.1, 0.15) is 6.23 Å². The topological polar surface area (TPSA) is 47.0 Å². The van der Waals surface area contributed by atoms with Gasteiger partial charge in [0, 0.05) is 5.56 Å². The van der Waals surface area contributed by atoms with Crippen LogP contribution in [0.1, 0.15) is 6.92 Å². The summed E-state index contributed by atoms with van der Waals surface area (Å²) in [5.74, 6) is 1.36. The number of hydrogen-bond acceptors (Lipinski definition) is 4. The summed E-state index contributed by atoms with van der Waals surface area (Å²) in [5.41, 5.74) is 1.00. The molecule has 1 unspecified atom stereocenters. The van der Waals surface area contributed by atoms with Crippen LogP contribution in [0.2, 0.25) is 0 Å². The number of nitrogens with zero attached hydrogens (tertiary/aromatic N) is 2. The van der Waals surface area contributed by atoms with E-state index in [0.29, 0.717) is 11.6 Å². The molecule has 2 rings (SSSR count). The van der Waals surface area contributed by atoms with Gasteiger partial charge in [0.2, 0.25) is 0 Å². The van der Waals surface area contributed by atoms with Crippen LogP contribution < -0.4 is 10.1 Å². The lowest BCUT2D eigenvalue weighted by molar-refractivity contribution is 0.192. The molecule has 0 aliphatic carbocycles. The molecule has 0 saturated heterocycles. The van der Waals surface area contributed by atoms with E-state index < -0.39 is 0 Å². The molecular weight excluding hydrogens is 214 g/mol. The molecule has 0 amide bonds. The van der Waals surface area contributed by atoms with Crippen LogP contribution in [0.15, 0.2) is 42.7 Å². The Labute approximate surface area is 101 Å². The van der Waals surface area contributed by atoms with Crippen molar-refractivity contribution < 1.29 is 4.74 Å². The Balaban J connectivity index is 2.13. The summed E-state index contributed by atoms with van der Waals surface area (Å²) in [4.78, 5) is 8.54. The van der Waals surface area contributed by atoms with Crippen molar-refractivity contribution in [1.82, 2.24) is 15.3 Å². The van der Waals surface area contributed by atoms with Crippen LogP contribution in [0.3, 0.4) is 0 Å². The minimum atomic E-state index is -0.0545. The molecule has 1 atom stereocenters. The molecule has 1 aromatic carbocycles. The maximum absolute atomic E-state index is 5.52. The third-order valence-electron chi connectivity index (χ3n) is 2.38. The molecule has 0 fully saturated rings. The Morgan fingerprint density at radius 1 is 1.12 bits per heavy atom. The van der Waals surface area contributed by atoms with Crippen LogP contribution in [0.25, 0.3) is 11.4 Å². The molecule has 17 heavy (non-hydrogen) atoms. The summed E-state index contributed by atoms with van der Waals surface area (Å²) in [6.07, 6.45) is 3.31. The van der Waals surface area contributed by atoms with E-state index in [0.717, 1.165) is 5.56 Å². The molecule has 4 heteroatoms. The molecule has 0 saturated carbocycles. The SMILES string of the molecule is CNC(C)Oc1cnc(-c2ccccc2)nc1. The second kappa shape index (κ2) is 5.41. The zero-order valence-electron chi connectivity index (χ0n) is 9.92. The maximum atomic E-state index is 5.52. The molecule has 0 spiro atoms. The molecule has 1 N–H and O–H groups in total. The molecule has 0 aliphatic heterocycles. The third-order valence-corrected chi connectivity index (χ3v) is 2.38. The highest BCUT2D eigenvalue weighted by Gasteiger charge is 2.03. The van der Waals surface area contributed by atoms with Crippen molar-refractivity contribution in [3.05, 3.63) is 42.7 Å². The lowest BCUT2D eigenvalue weighted by Gasteiger charge is -2.12. The maximum Gasteiger partial charge on any atom is 0.159 e. The molecule has 0 bridgehead atoms. The van der Waals surface area contributed by atoms with E-state index in [4.69, 9.17) is 4.74 Å². The summed E-state index contributed by atoms with van der Waals surface area (Å²) < 4.78 is 5.52. The quantitative estimate of drug-likeness (QED) is 0.815. The predicted octanol–water partition coefficient (Wildman–Crippen LogP) is 2.09. The van der Waals surface area contributed by atoms with Crippen LogP contribution in [0, 0.1) is 0 Å². The Bertz CT molecular complexity index is 456. The van der Waals surface area contributed by atoms with Gasteiger partial charge >= 0.3 is 0 Å². The molecular formula is C13H15N3O. The average Bonchev–Trinajstić information content (AvgIpc) is 2.40. The van der Waals surface area contributed by atoms with Gasteiger partial charge in [0.15, 0.2) is 11.6 Å². The molecule has 0 aliphatic rings. The van der Waals surface area contributed by atoms with Gasteiger partial charge in [-0.3, -0.25) is 5.32 Å². The highest BCUT2D eigenvalue weighted by Crippen LogP contribution is 2.16. The second-order valence-corrected chi connectivity index (χ2v) is 3.66. The minimum absolute atomic E-state index is 0.0545. The first-order valence-corrected chi connectivity index (χ1v) is 5.51. The molecule has 0 radical (unpaired) electrons. The zero-order valence-corrected chi connectivity index (χ0v) is 9.92. The van der Waals surface area contributed by atoms with Crippen molar-refractivity contribution in [2.45, 2.75) is 13.2 Å². The van der Waals surface area contributed by atoms with Gasteiger partial charge in [-0.05, 0) is 14.0 Å². The number of nitrogens with one attached hydrogen (secondary N) is 1. The van der Waals surface area contributed by atoms with E-state index in [1.807, 2.05) is 44.3 Å². The summed E-state index contributed by atoms with van der Waals surface area (Å²) in [7, 11) is 1.84. The number of aromatic nitrogens is 2. The van der Waals surface area contributed by atoms with E-state index in [1.54, 1.807) is 12.4 Å². The fourth-order valence-corrected chi connectivity index (χ4v) is 1.38. The Kier molecular flexibility index (Phi) is 3.67. The second-order valence-electron chi connectivity index (χ2n) is 3.66. The van der Waals surface area contributed by atoms with E-state index in [9.17, 15) is 0 Å². The first-order valence-electron chi connectivity index (χ1n) is 5.51. The first-order chi connectivity index (χ1) is 8.29. The zero-order chi connectivity index (χ0) is 12.1. The highest BCUT2D eigenvalue weighted by molar-refractivity contribution is 5.54. The monoisotopic (exact) mass is 229 g/mol. The molecule has 2 aromatic rings. The number of ether oxygens (including phenoxy) is 1. The van der Waals surface area contributed by atoms with Crippen LogP contribution >= 0.6 is 0 Å². The van der Waals surface area contributed by atoms with E-state index in [2.05, 4.69) is 15.3 Å². The largest absolute Gasteiger partial charge is 0.472 e. The normalized spacial score (nSPS) is 12.1. The molecule has 1 aromatic heterocycles. The van der Waals surface area contributed by atoms with Crippen molar-refractivity contribution >= 4 is 0 Å². The molecule has 88 valence electrons. The lowest BCUT2D eigenvalue weighted by Crippen LogP contribution is -2.27. The van der Waals surface area contributed by atoms with Gasteiger partial charge in [-0.1, -0.05) is 30.3 Å². The minimum Gasteiger partial charge on any atom is -0.472 e. The summed E-state index contributed by atoms with van der Waals surface area (Å²) in [6.45, 7) is 1.92. The van der Waals surface area contributed by atoms with Crippen molar-refractivity contribution in [3.8, 4) is 17.1 Å². The van der Waals surface area contributed by atoms with Crippen molar-refractivity contribution in [2.75, 3.05) is 7.05 Å².